The number of amides is 1. The van der Waals surface area contributed by atoms with E-state index >= 15 is 0 Å². The van der Waals surface area contributed by atoms with Crippen LogP contribution in [0.15, 0.2) is 36.4 Å². The quantitative estimate of drug-likeness (QED) is 0.808. The Balaban J connectivity index is 1.38. The minimum atomic E-state index is 0.0240. The molecule has 1 aromatic carbocycles. The third kappa shape index (κ3) is 4.74. The maximum Gasteiger partial charge on any atom is 0.225 e. The lowest BCUT2D eigenvalue weighted by Gasteiger charge is -2.35. The van der Waals surface area contributed by atoms with Gasteiger partial charge >= 0.3 is 0 Å². The number of rotatable bonds is 5. The molecule has 1 N–H and O–H groups in total. The first kappa shape index (κ1) is 20.6. The van der Waals surface area contributed by atoms with E-state index in [1.165, 1.54) is 19.3 Å². The van der Waals surface area contributed by atoms with Gasteiger partial charge in [0.1, 0.15) is 5.75 Å². The summed E-state index contributed by atoms with van der Waals surface area (Å²) in [6.07, 6.45) is 6.79. The Morgan fingerprint density at radius 1 is 1.03 bits per heavy atom. The minimum absolute atomic E-state index is 0.0240. The fourth-order valence-corrected chi connectivity index (χ4v) is 4.64. The van der Waals surface area contributed by atoms with Crippen molar-refractivity contribution in [3.8, 4) is 17.0 Å². The number of ether oxygens (including phenoxy) is 1. The lowest BCUT2D eigenvalue weighted by Crippen LogP contribution is -2.48. The van der Waals surface area contributed by atoms with Gasteiger partial charge < -0.3 is 15.0 Å². The first-order valence-corrected chi connectivity index (χ1v) is 11.2. The van der Waals surface area contributed by atoms with Crippen LogP contribution in [-0.2, 0) is 4.79 Å². The Hall–Kier alpha value is -2.63. The number of methoxy groups -OCH3 is 1. The average molecular weight is 409 g/mol. The normalized spacial score (nSPS) is 24.3. The molecule has 6 nitrogen and oxygen atoms in total. The van der Waals surface area contributed by atoms with Crippen molar-refractivity contribution in [1.29, 1.82) is 0 Å². The van der Waals surface area contributed by atoms with Crippen LogP contribution in [-0.4, -0.2) is 42.3 Å². The molecule has 2 aromatic rings. The molecule has 160 valence electrons. The second-order valence-electron chi connectivity index (χ2n) is 8.67. The molecule has 0 bridgehead atoms. The molecule has 1 aliphatic carbocycles. The van der Waals surface area contributed by atoms with Gasteiger partial charge in [0, 0.05) is 24.7 Å². The van der Waals surface area contributed by atoms with Gasteiger partial charge in [-0.1, -0.05) is 19.8 Å². The van der Waals surface area contributed by atoms with Crippen LogP contribution in [0.4, 0.5) is 5.82 Å². The van der Waals surface area contributed by atoms with E-state index in [1.54, 1.807) is 7.11 Å². The molecule has 2 aliphatic rings. The minimum Gasteiger partial charge on any atom is -0.497 e. The number of anilines is 1. The smallest absolute Gasteiger partial charge is 0.225 e. The summed E-state index contributed by atoms with van der Waals surface area (Å²) in [4.78, 5) is 15.1. The van der Waals surface area contributed by atoms with E-state index in [-0.39, 0.29) is 11.8 Å². The molecule has 2 heterocycles. The van der Waals surface area contributed by atoms with Crippen molar-refractivity contribution in [2.75, 3.05) is 25.1 Å². The van der Waals surface area contributed by atoms with Crippen LogP contribution in [0.2, 0.25) is 0 Å². The molecule has 3 atom stereocenters. The van der Waals surface area contributed by atoms with Gasteiger partial charge in [-0.3, -0.25) is 4.79 Å². The highest BCUT2D eigenvalue weighted by Crippen LogP contribution is 2.27. The maximum atomic E-state index is 12.9. The summed E-state index contributed by atoms with van der Waals surface area (Å²) in [6, 6.07) is 12.2. The fourth-order valence-electron chi connectivity index (χ4n) is 4.64. The van der Waals surface area contributed by atoms with E-state index in [0.29, 0.717) is 18.5 Å². The largest absolute Gasteiger partial charge is 0.497 e. The average Bonchev–Trinajstić information content (AvgIpc) is 2.81. The standard InChI is InChI=1S/C24H32N4O2/c1-17-6-3-4-8-21(17)25-24(29)19-7-5-15-28(16-19)23-14-13-22(26-27-23)18-9-11-20(30-2)12-10-18/h9-14,17,19,21H,3-8,15-16H2,1-2H3,(H,25,29). The highest BCUT2D eigenvalue weighted by Gasteiger charge is 2.30. The van der Waals surface area contributed by atoms with Crippen molar-refractivity contribution in [2.45, 2.75) is 51.5 Å². The number of aromatic nitrogens is 2. The van der Waals surface area contributed by atoms with Crippen LogP contribution in [0.3, 0.4) is 0 Å². The molecule has 3 unspecified atom stereocenters. The molecule has 1 aromatic heterocycles. The number of benzene rings is 1. The second kappa shape index (κ2) is 9.45. The number of hydrogen-bond donors (Lipinski definition) is 1. The van der Waals surface area contributed by atoms with Crippen molar-refractivity contribution < 1.29 is 9.53 Å². The fraction of sp³-hybridized carbons (Fsp3) is 0.542. The Labute approximate surface area is 179 Å². The van der Waals surface area contributed by atoms with Crippen LogP contribution in [0.1, 0.15) is 45.4 Å². The Morgan fingerprint density at radius 3 is 2.53 bits per heavy atom. The van der Waals surface area contributed by atoms with Crippen LogP contribution in [0, 0.1) is 11.8 Å². The summed E-state index contributed by atoms with van der Waals surface area (Å²) in [6.45, 7) is 3.89. The van der Waals surface area contributed by atoms with Crippen molar-refractivity contribution in [3.63, 3.8) is 0 Å². The topological polar surface area (TPSA) is 67.3 Å². The number of carbonyl (C=O) groups excluding carboxylic acids is 1. The molecule has 2 fully saturated rings. The van der Waals surface area contributed by atoms with Gasteiger partial charge in [-0.05, 0) is 68.0 Å². The van der Waals surface area contributed by atoms with Crippen LogP contribution >= 0.6 is 0 Å². The zero-order valence-electron chi connectivity index (χ0n) is 18.0. The van der Waals surface area contributed by atoms with Crippen LogP contribution in [0.5, 0.6) is 5.75 Å². The zero-order valence-corrected chi connectivity index (χ0v) is 18.0. The first-order valence-electron chi connectivity index (χ1n) is 11.2. The summed E-state index contributed by atoms with van der Waals surface area (Å²) in [5.41, 5.74) is 1.84. The predicted molar refractivity (Wildman–Crippen MR) is 119 cm³/mol. The SMILES string of the molecule is COc1ccc(-c2ccc(N3CCCC(C(=O)NC4CCCCC4C)C3)nn2)cc1. The predicted octanol–water partition coefficient (Wildman–Crippen LogP) is 4.06. The molecule has 4 rings (SSSR count). The summed E-state index contributed by atoms with van der Waals surface area (Å²) < 4.78 is 5.21. The molecule has 1 amide bonds. The molecule has 30 heavy (non-hydrogen) atoms. The summed E-state index contributed by atoms with van der Waals surface area (Å²) in [7, 11) is 1.66. The van der Waals surface area contributed by atoms with Crippen molar-refractivity contribution >= 4 is 11.7 Å². The Bertz CT molecular complexity index is 837. The first-order chi connectivity index (χ1) is 14.6. The number of nitrogens with one attached hydrogen (secondary N) is 1. The van der Waals surface area contributed by atoms with Crippen molar-refractivity contribution in [3.05, 3.63) is 36.4 Å². The third-order valence-corrected chi connectivity index (χ3v) is 6.59. The maximum absolute atomic E-state index is 12.9. The third-order valence-electron chi connectivity index (χ3n) is 6.59. The Morgan fingerprint density at radius 2 is 1.83 bits per heavy atom. The van der Waals surface area contributed by atoms with Crippen LogP contribution < -0.4 is 15.0 Å². The molecule has 6 heteroatoms. The molecule has 0 radical (unpaired) electrons. The second-order valence-corrected chi connectivity index (χ2v) is 8.67. The number of nitrogens with zero attached hydrogens (tertiary/aromatic N) is 3. The molecule has 1 saturated carbocycles. The van der Waals surface area contributed by atoms with Gasteiger partial charge in [0.15, 0.2) is 5.82 Å². The highest BCUT2D eigenvalue weighted by molar-refractivity contribution is 5.80. The lowest BCUT2D eigenvalue weighted by atomic mass is 9.85. The molecule has 0 spiro atoms. The number of piperidine rings is 1. The molecular formula is C24H32N4O2. The van der Waals surface area contributed by atoms with Gasteiger partial charge in [0.2, 0.25) is 5.91 Å². The van der Waals surface area contributed by atoms with Gasteiger partial charge in [-0.25, -0.2) is 0 Å². The van der Waals surface area contributed by atoms with Gasteiger partial charge in [-0.2, -0.15) is 0 Å². The van der Waals surface area contributed by atoms with E-state index in [0.717, 1.165) is 48.6 Å². The van der Waals surface area contributed by atoms with Gasteiger partial charge in [0.25, 0.3) is 0 Å². The number of hydrogen-bond acceptors (Lipinski definition) is 5. The molecular weight excluding hydrogens is 376 g/mol. The zero-order chi connectivity index (χ0) is 20.9. The summed E-state index contributed by atoms with van der Waals surface area (Å²) in [5, 5.41) is 12.2. The molecule has 1 aliphatic heterocycles. The van der Waals surface area contributed by atoms with Crippen molar-refractivity contribution in [1.82, 2.24) is 15.5 Å². The Kier molecular flexibility index (Phi) is 6.50. The van der Waals surface area contributed by atoms with E-state index in [9.17, 15) is 4.79 Å². The van der Waals surface area contributed by atoms with E-state index in [2.05, 4.69) is 27.3 Å². The lowest BCUT2D eigenvalue weighted by molar-refractivity contribution is -0.126. The summed E-state index contributed by atoms with van der Waals surface area (Å²) >= 11 is 0. The van der Waals surface area contributed by atoms with E-state index in [4.69, 9.17) is 4.74 Å². The summed E-state index contributed by atoms with van der Waals surface area (Å²) in [5.74, 6) is 2.48. The van der Waals surface area contributed by atoms with Crippen molar-refractivity contribution in [2.24, 2.45) is 11.8 Å². The van der Waals surface area contributed by atoms with E-state index in [1.807, 2.05) is 36.4 Å². The monoisotopic (exact) mass is 408 g/mol. The molecule has 1 saturated heterocycles. The van der Waals surface area contributed by atoms with Gasteiger partial charge in [0.05, 0.1) is 18.7 Å². The highest BCUT2D eigenvalue weighted by atomic mass is 16.5. The van der Waals surface area contributed by atoms with Gasteiger partial charge in [-0.15, -0.1) is 10.2 Å². The number of carbonyl (C=O) groups is 1. The van der Waals surface area contributed by atoms with E-state index < -0.39 is 0 Å². The van der Waals surface area contributed by atoms with Crippen LogP contribution in [0.25, 0.3) is 11.3 Å².